The lowest BCUT2D eigenvalue weighted by Gasteiger charge is -2.41. The molecule has 35 heavy (non-hydrogen) atoms. The summed E-state index contributed by atoms with van der Waals surface area (Å²) < 4.78 is 40.5. The van der Waals surface area contributed by atoms with Crippen LogP contribution in [0.4, 0.5) is 23.7 Å². The van der Waals surface area contributed by atoms with Gasteiger partial charge in [0.15, 0.2) is 5.11 Å². The van der Waals surface area contributed by atoms with Crippen LogP contribution in [0.2, 0.25) is 0 Å². The van der Waals surface area contributed by atoms with Crippen molar-refractivity contribution in [2.45, 2.75) is 44.4 Å². The van der Waals surface area contributed by atoms with E-state index in [1.54, 1.807) is 29.7 Å². The van der Waals surface area contributed by atoms with E-state index in [0.717, 1.165) is 23.6 Å². The predicted octanol–water partition coefficient (Wildman–Crippen LogP) is 3.02. The van der Waals surface area contributed by atoms with Gasteiger partial charge in [0.1, 0.15) is 5.54 Å². The largest absolute Gasteiger partial charge is 0.417 e. The molecule has 0 saturated carbocycles. The third kappa shape index (κ3) is 5.36. The lowest BCUT2D eigenvalue weighted by atomic mass is 9.96. The van der Waals surface area contributed by atoms with E-state index in [-0.39, 0.29) is 22.9 Å². The van der Waals surface area contributed by atoms with Crippen molar-refractivity contribution in [1.29, 1.82) is 5.26 Å². The Morgan fingerprint density at radius 1 is 1.29 bits per heavy atom. The van der Waals surface area contributed by atoms with Gasteiger partial charge in [0.2, 0.25) is 0 Å². The van der Waals surface area contributed by atoms with E-state index in [9.17, 15) is 22.8 Å². The van der Waals surface area contributed by atoms with Crippen molar-refractivity contribution >= 4 is 35.0 Å². The van der Waals surface area contributed by atoms with E-state index in [2.05, 4.69) is 5.32 Å². The molecule has 3 amide bonds. The molecule has 0 bridgehead atoms. The molecule has 1 aromatic rings. The highest BCUT2D eigenvalue weighted by molar-refractivity contribution is 7.80. The van der Waals surface area contributed by atoms with E-state index in [0.29, 0.717) is 32.5 Å². The van der Waals surface area contributed by atoms with Crippen molar-refractivity contribution < 1.29 is 22.8 Å². The minimum Gasteiger partial charge on any atom is -0.337 e. The maximum atomic E-state index is 13.5. The molecule has 2 heterocycles. The molecular weight excluding hydrogens is 481 g/mol. The highest BCUT2D eigenvalue weighted by Crippen LogP contribution is 2.39. The molecule has 8 nitrogen and oxygen atoms in total. The molecule has 0 aliphatic carbocycles. The number of hydrogen-bond acceptors (Lipinski definition) is 5. The monoisotopic (exact) mass is 510 g/mol. The number of carbonyl (C=O) groups is 2. The number of nitriles is 1. The third-order valence-electron chi connectivity index (χ3n) is 6.37. The van der Waals surface area contributed by atoms with Crippen molar-refractivity contribution in [2.75, 3.05) is 45.2 Å². The molecule has 2 fully saturated rings. The molecule has 0 spiro atoms. The number of carbonyl (C=O) groups excluding carboxylic acids is 2. The Labute approximate surface area is 208 Å². The van der Waals surface area contributed by atoms with Crippen LogP contribution in [0.1, 0.15) is 37.8 Å². The molecule has 1 N–H and O–H groups in total. The molecule has 2 aliphatic rings. The molecular formula is C23H29F3N6O2S. The molecule has 190 valence electrons. The molecule has 2 saturated heterocycles. The third-order valence-corrected chi connectivity index (χ3v) is 6.74. The van der Waals surface area contributed by atoms with E-state index in [1.807, 2.05) is 19.0 Å². The van der Waals surface area contributed by atoms with Gasteiger partial charge in [0.25, 0.3) is 5.91 Å². The minimum atomic E-state index is -4.75. The zero-order chi connectivity index (χ0) is 26.1. The standard InChI is InChI=1S/C23H29F3N6O2S/c1-22(2)19(33)31(17-6-5-15(14-27)18(13-17)23(24,25)26)21(35)32(22)16-7-10-30(11-8-16)20(34)28-9-12-29(3)4/h5-6,13,16H,7-12H2,1-4H3,(H,28,34). The van der Waals surface area contributed by atoms with Crippen molar-refractivity contribution in [3.63, 3.8) is 0 Å². The van der Waals surface area contributed by atoms with Crippen LogP contribution in [-0.2, 0) is 11.0 Å². The van der Waals surface area contributed by atoms with Gasteiger partial charge in [-0.25, -0.2) is 4.79 Å². The normalized spacial score (nSPS) is 18.9. The van der Waals surface area contributed by atoms with Crippen molar-refractivity contribution in [2.24, 2.45) is 0 Å². The maximum absolute atomic E-state index is 13.5. The smallest absolute Gasteiger partial charge is 0.337 e. The second kappa shape index (κ2) is 9.99. The first-order chi connectivity index (χ1) is 16.3. The average molecular weight is 511 g/mol. The minimum absolute atomic E-state index is 0.0281. The number of nitrogens with one attached hydrogen (secondary N) is 1. The Morgan fingerprint density at radius 3 is 2.46 bits per heavy atom. The summed E-state index contributed by atoms with van der Waals surface area (Å²) in [6.45, 7) is 5.57. The Kier molecular flexibility index (Phi) is 7.62. The fourth-order valence-electron chi connectivity index (χ4n) is 4.48. The summed E-state index contributed by atoms with van der Waals surface area (Å²) >= 11 is 5.60. The summed E-state index contributed by atoms with van der Waals surface area (Å²) in [5, 5.41) is 12.1. The number of piperidine rings is 1. The van der Waals surface area contributed by atoms with E-state index in [4.69, 9.17) is 17.5 Å². The predicted molar refractivity (Wildman–Crippen MR) is 129 cm³/mol. The highest BCUT2D eigenvalue weighted by atomic mass is 32.1. The van der Waals surface area contributed by atoms with Crippen molar-refractivity contribution in [3.05, 3.63) is 29.3 Å². The molecule has 2 aliphatic heterocycles. The zero-order valence-electron chi connectivity index (χ0n) is 20.1. The number of thiocarbonyl (C=S) groups is 1. The fraction of sp³-hybridized carbons (Fsp3) is 0.565. The molecule has 12 heteroatoms. The number of benzene rings is 1. The van der Waals surface area contributed by atoms with Crippen LogP contribution in [0.15, 0.2) is 18.2 Å². The lowest BCUT2D eigenvalue weighted by molar-refractivity contribution is -0.137. The molecule has 0 atom stereocenters. The van der Waals surface area contributed by atoms with Crippen molar-refractivity contribution in [3.8, 4) is 6.07 Å². The Morgan fingerprint density at radius 2 is 1.91 bits per heavy atom. The van der Waals surface area contributed by atoms with E-state index in [1.165, 1.54) is 6.07 Å². The Balaban J connectivity index is 1.77. The number of likely N-dealkylation sites (N-methyl/N-ethyl adjacent to an activating group) is 1. The first-order valence-electron chi connectivity index (χ1n) is 11.3. The SMILES string of the molecule is CN(C)CCNC(=O)N1CCC(N2C(=S)N(c3ccc(C#N)c(C(F)(F)F)c3)C(=O)C2(C)C)CC1. The second-order valence-electron chi connectivity index (χ2n) is 9.45. The van der Waals surface area contributed by atoms with Gasteiger partial charge < -0.3 is 20.0 Å². The van der Waals surface area contributed by atoms with Crippen LogP contribution in [0, 0.1) is 11.3 Å². The second-order valence-corrected chi connectivity index (χ2v) is 9.81. The van der Waals surface area contributed by atoms with Gasteiger partial charge in [-0.3, -0.25) is 9.69 Å². The highest BCUT2D eigenvalue weighted by Gasteiger charge is 2.52. The number of hydrogen-bond donors (Lipinski definition) is 1. The Bertz CT molecular complexity index is 1040. The molecule has 1 aromatic carbocycles. The number of nitrogens with zero attached hydrogens (tertiary/aromatic N) is 5. The topological polar surface area (TPSA) is 82.9 Å². The first-order valence-corrected chi connectivity index (χ1v) is 11.7. The summed E-state index contributed by atoms with van der Waals surface area (Å²) in [5.74, 6) is -0.441. The summed E-state index contributed by atoms with van der Waals surface area (Å²) in [5.41, 5.74) is -2.74. The molecule has 3 rings (SSSR count). The quantitative estimate of drug-likeness (QED) is 0.614. The number of rotatable bonds is 5. The number of likely N-dealkylation sites (tertiary alicyclic amines) is 1. The summed E-state index contributed by atoms with van der Waals surface area (Å²) in [6.07, 6.45) is -3.62. The van der Waals surface area contributed by atoms with Crippen LogP contribution < -0.4 is 10.2 Å². The first kappa shape index (κ1) is 26.7. The van der Waals surface area contributed by atoms with Gasteiger partial charge in [-0.15, -0.1) is 0 Å². The lowest BCUT2D eigenvalue weighted by Crippen LogP contribution is -2.55. The van der Waals surface area contributed by atoms with E-state index >= 15 is 0 Å². The van der Waals surface area contributed by atoms with Crippen LogP contribution in [0.3, 0.4) is 0 Å². The maximum Gasteiger partial charge on any atom is 0.417 e. The van der Waals surface area contributed by atoms with Gasteiger partial charge in [-0.1, -0.05) is 0 Å². The van der Waals surface area contributed by atoms with Crippen LogP contribution in [0.5, 0.6) is 0 Å². The Hall–Kier alpha value is -2.91. The number of amides is 3. The van der Waals surface area contributed by atoms with Crippen LogP contribution in [0.25, 0.3) is 0 Å². The number of urea groups is 1. The van der Waals surface area contributed by atoms with Gasteiger partial charge in [-0.2, -0.15) is 18.4 Å². The summed E-state index contributed by atoms with van der Waals surface area (Å²) in [4.78, 5) is 32.3. The number of alkyl halides is 3. The van der Waals surface area contributed by atoms with Crippen LogP contribution >= 0.6 is 12.2 Å². The zero-order valence-corrected chi connectivity index (χ0v) is 21.0. The van der Waals surface area contributed by atoms with E-state index < -0.39 is 28.7 Å². The van der Waals surface area contributed by atoms with Crippen molar-refractivity contribution in [1.82, 2.24) is 20.0 Å². The van der Waals surface area contributed by atoms with Gasteiger partial charge in [-0.05, 0) is 71.2 Å². The number of halogens is 3. The fourth-order valence-corrected chi connectivity index (χ4v) is 5.05. The van der Waals surface area contributed by atoms with Crippen LogP contribution in [-0.4, -0.2) is 83.6 Å². The number of anilines is 1. The van der Waals surface area contributed by atoms with Gasteiger partial charge in [0.05, 0.1) is 22.9 Å². The molecule has 0 radical (unpaired) electrons. The summed E-state index contributed by atoms with van der Waals surface area (Å²) in [7, 11) is 3.84. The average Bonchev–Trinajstić information content (AvgIpc) is 2.96. The molecule has 0 aromatic heterocycles. The molecule has 0 unspecified atom stereocenters. The summed E-state index contributed by atoms with van der Waals surface area (Å²) in [6, 6.07) is 4.39. The van der Waals surface area contributed by atoms with Gasteiger partial charge >= 0.3 is 12.2 Å². The van der Waals surface area contributed by atoms with Gasteiger partial charge in [0, 0.05) is 32.2 Å².